The van der Waals surface area contributed by atoms with Crippen LogP contribution < -0.4 is 0 Å². The lowest BCUT2D eigenvalue weighted by molar-refractivity contribution is 1.07. The Bertz CT molecular complexity index is 2150. The summed E-state index contributed by atoms with van der Waals surface area (Å²) in [6.07, 6.45) is 0. The van der Waals surface area contributed by atoms with Crippen LogP contribution in [-0.4, -0.2) is 15.0 Å². The minimum absolute atomic E-state index is 0.659. The Morgan fingerprint density at radius 3 is 1.47 bits per heavy atom. The van der Waals surface area contributed by atoms with E-state index in [9.17, 15) is 0 Å². The summed E-state index contributed by atoms with van der Waals surface area (Å²) in [6, 6.07) is 52.7. The second-order valence-electron chi connectivity index (χ2n) is 10.4. The molecule has 2 heterocycles. The van der Waals surface area contributed by atoms with Gasteiger partial charge in [-0.1, -0.05) is 140 Å². The van der Waals surface area contributed by atoms with Crippen molar-refractivity contribution in [1.82, 2.24) is 15.0 Å². The van der Waals surface area contributed by atoms with Crippen molar-refractivity contribution >= 4 is 31.5 Å². The van der Waals surface area contributed by atoms with E-state index in [0.29, 0.717) is 17.5 Å². The average molecular weight is 568 g/mol. The van der Waals surface area contributed by atoms with Gasteiger partial charge in [0.15, 0.2) is 17.5 Å². The van der Waals surface area contributed by atoms with Crippen LogP contribution in [0.15, 0.2) is 152 Å². The van der Waals surface area contributed by atoms with Gasteiger partial charge in [0.05, 0.1) is 0 Å². The molecule has 3 nitrogen and oxygen atoms in total. The largest absolute Gasteiger partial charge is 0.208 e. The van der Waals surface area contributed by atoms with E-state index in [-0.39, 0.29) is 0 Å². The van der Waals surface area contributed by atoms with Crippen molar-refractivity contribution in [3.63, 3.8) is 0 Å². The topological polar surface area (TPSA) is 38.7 Å². The predicted octanol–water partition coefficient (Wildman–Crippen LogP) is 10.6. The zero-order valence-electron chi connectivity index (χ0n) is 23.2. The third-order valence-electron chi connectivity index (χ3n) is 7.77. The Kier molecular flexibility index (Phi) is 6.32. The number of aromatic nitrogens is 3. The van der Waals surface area contributed by atoms with E-state index in [1.54, 1.807) is 0 Å². The molecule has 8 rings (SSSR count). The second kappa shape index (κ2) is 10.8. The monoisotopic (exact) mass is 567 g/mol. The van der Waals surface area contributed by atoms with Crippen molar-refractivity contribution < 1.29 is 0 Å². The highest BCUT2D eigenvalue weighted by molar-refractivity contribution is 7.26. The van der Waals surface area contributed by atoms with Crippen LogP contribution in [0.25, 0.3) is 76.6 Å². The Morgan fingerprint density at radius 1 is 0.349 bits per heavy atom. The molecule has 0 fully saturated rings. The van der Waals surface area contributed by atoms with Crippen LogP contribution in [0.2, 0.25) is 0 Å². The molecule has 0 N–H and O–H groups in total. The fraction of sp³-hybridized carbons (Fsp3) is 0. The van der Waals surface area contributed by atoms with E-state index in [1.165, 1.54) is 31.3 Å². The average Bonchev–Trinajstić information content (AvgIpc) is 3.48. The Hall–Kier alpha value is -5.45. The molecule has 0 amide bonds. The minimum Gasteiger partial charge on any atom is -0.208 e. The van der Waals surface area contributed by atoms with Gasteiger partial charge in [-0.3, -0.25) is 0 Å². The molecule has 4 heteroatoms. The maximum atomic E-state index is 5.09. The fourth-order valence-corrected chi connectivity index (χ4v) is 6.92. The Morgan fingerprint density at radius 2 is 0.837 bits per heavy atom. The standard InChI is InChI=1S/C39H25N3S/c1-4-12-26(13-5-1)27-20-22-28(23-21-27)35-33(25-24-32-31-18-10-11-19-34(31)43-36(32)35)39-41-37(29-14-6-2-7-15-29)40-38(42-39)30-16-8-3-9-17-30/h1-25H. The first-order chi connectivity index (χ1) is 21.3. The molecular formula is C39H25N3S. The smallest absolute Gasteiger partial charge is 0.164 e. The molecule has 43 heavy (non-hydrogen) atoms. The van der Waals surface area contributed by atoms with Crippen molar-refractivity contribution in [2.75, 3.05) is 0 Å². The van der Waals surface area contributed by atoms with Crippen LogP contribution in [0, 0.1) is 0 Å². The summed E-state index contributed by atoms with van der Waals surface area (Å²) in [6.45, 7) is 0. The van der Waals surface area contributed by atoms with Gasteiger partial charge in [-0.2, -0.15) is 0 Å². The normalized spacial score (nSPS) is 11.3. The number of hydrogen-bond donors (Lipinski definition) is 0. The highest BCUT2D eigenvalue weighted by Crippen LogP contribution is 2.44. The Balaban J connectivity index is 1.39. The van der Waals surface area contributed by atoms with Crippen molar-refractivity contribution in [2.24, 2.45) is 0 Å². The summed E-state index contributed by atoms with van der Waals surface area (Å²) >= 11 is 1.82. The molecule has 8 aromatic rings. The van der Waals surface area contributed by atoms with E-state index in [1.807, 2.05) is 72.0 Å². The molecule has 0 saturated heterocycles. The number of rotatable bonds is 5. The first-order valence-electron chi connectivity index (χ1n) is 14.3. The number of benzene rings is 6. The van der Waals surface area contributed by atoms with Gasteiger partial charge in [0.1, 0.15) is 0 Å². The number of hydrogen-bond acceptors (Lipinski definition) is 4. The first kappa shape index (κ1) is 25.3. The van der Waals surface area contributed by atoms with Crippen LogP contribution in [0.4, 0.5) is 0 Å². The van der Waals surface area contributed by atoms with Gasteiger partial charge in [-0.25, -0.2) is 15.0 Å². The van der Waals surface area contributed by atoms with Gasteiger partial charge in [0.2, 0.25) is 0 Å². The predicted molar refractivity (Wildman–Crippen MR) is 180 cm³/mol. The summed E-state index contributed by atoms with van der Waals surface area (Å²) in [5.41, 5.74) is 7.57. The number of thiophene rings is 1. The second-order valence-corrected chi connectivity index (χ2v) is 11.5. The van der Waals surface area contributed by atoms with Gasteiger partial charge < -0.3 is 0 Å². The van der Waals surface area contributed by atoms with Crippen LogP contribution in [0.1, 0.15) is 0 Å². The van der Waals surface area contributed by atoms with Crippen molar-refractivity contribution in [2.45, 2.75) is 0 Å². The number of fused-ring (bicyclic) bond motifs is 3. The minimum atomic E-state index is 0.659. The molecule has 0 aliphatic carbocycles. The molecule has 0 aliphatic heterocycles. The Labute approximate surface area is 253 Å². The quantitative estimate of drug-likeness (QED) is 0.208. The number of nitrogens with zero attached hydrogens (tertiary/aromatic N) is 3. The van der Waals surface area contributed by atoms with Crippen LogP contribution in [0.3, 0.4) is 0 Å². The molecular weight excluding hydrogens is 543 g/mol. The lowest BCUT2D eigenvalue weighted by Crippen LogP contribution is -2.01. The molecule has 2 aromatic heterocycles. The molecule has 0 unspecified atom stereocenters. The molecule has 202 valence electrons. The molecule has 0 aliphatic rings. The lowest BCUT2D eigenvalue weighted by atomic mass is 9.94. The van der Waals surface area contributed by atoms with E-state index >= 15 is 0 Å². The van der Waals surface area contributed by atoms with Crippen LogP contribution in [-0.2, 0) is 0 Å². The molecule has 0 radical (unpaired) electrons. The van der Waals surface area contributed by atoms with E-state index in [0.717, 1.165) is 27.8 Å². The summed E-state index contributed by atoms with van der Waals surface area (Å²) < 4.78 is 2.50. The van der Waals surface area contributed by atoms with E-state index < -0.39 is 0 Å². The zero-order valence-corrected chi connectivity index (χ0v) is 24.0. The van der Waals surface area contributed by atoms with Crippen molar-refractivity contribution in [1.29, 1.82) is 0 Å². The lowest BCUT2D eigenvalue weighted by Gasteiger charge is -2.14. The van der Waals surface area contributed by atoms with Crippen molar-refractivity contribution in [3.05, 3.63) is 152 Å². The molecule has 0 atom stereocenters. The summed E-state index contributed by atoms with van der Waals surface area (Å²) in [4.78, 5) is 15.1. The molecule has 0 bridgehead atoms. The summed E-state index contributed by atoms with van der Waals surface area (Å²) in [7, 11) is 0. The maximum Gasteiger partial charge on any atom is 0.164 e. The van der Waals surface area contributed by atoms with Gasteiger partial charge in [0.25, 0.3) is 0 Å². The maximum absolute atomic E-state index is 5.09. The summed E-state index contributed by atoms with van der Waals surface area (Å²) in [5.74, 6) is 1.98. The highest BCUT2D eigenvalue weighted by Gasteiger charge is 2.20. The van der Waals surface area contributed by atoms with Gasteiger partial charge in [-0.05, 0) is 28.8 Å². The van der Waals surface area contributed by atoms with E-state index in [2.05, 4.69) is 91.0 Å². The van der Waals surface area contributed by atoms with Gasteiger partial charge in [0, 0.05) is 42.4 Å². The van der Waals surface area contributed by atoms with Gasteiger partial charge >= 0.3 is 0 Å². The van der Waals surface area contributed by atoms with Gasteiger partial charge in [-0.15, -0.1) is 11.3 Å². The van der Waals surface area contributed by atoms with Crippen LogP contribution >= 0.6 is 11.3 Å². The first-order valence-corrected chi connectivity index (χ1v) is 15.1. The molecule has 0 spiro atoms. The summed E-state index contributed by atoms with van der Waals surface area (Å²) in [5, 5.41) is 2.51. The zero-order chi connectivity index (χ0) is 28.6. The highest BCUT2D eigenvalue weighted by atomic mass is 32.1. The third kappa shape index (κ3) is 4.68. The molecule has 6 aromatic carbocycles. The van der Waals surface area contributed by atoms with E-state index in [4.69, 9.17) is 15.0 Å². The SMILES string of the molecule is c1ccc(-c2ccc(-c3c(-c4nc(-c5ccccc5)nc(-c5ccccc5)n4)ccc4c3sc3ccccc34)cc2)cc1. The molecule has 0 saturated carbocycles. The van der Waals surface area contributed by atoms with Crippen molar-refractivity contribution in [3.8, 4) is 56.4 Å². The van der Waals surface area contributed by atoms with Crippen LogP contribution in [0.5, 0.6) is 0 Å². The third-order valence-corrected chi connectivity index (χ3v) is 8.97. The fourth-order valence-electron chi connectivity index (χ4n) is 5.65.